The van der Waals surface area contributed by atoms with Crippen LogP contribution >= 0.6 is 0 Å². The Balaban J connectivity index is 4.61. The van der Waals surface area contributed by atoms with Crippen molar-refractivity contribution in [3.8, 4) is 0 Å². The molecule has 0 aromatic carbocycles. The van der Waals surface area contributed by atoms with Crippen molar-refractivity contribution >= 4 is 17.6 Å². The van der Waals surface area contributed by atoms with E-state index in [1.807, 2.05) is 0 Å². The van der Waals surface area contributed by atoms with Crippen LogP contribution in [0.15, 0.2) is 0 Å². The third kappa shape index (κ3) is 4.68. The SMILES string of the molecule is CO[Si](CC(N)C[Si](OC)(OC)OC)(OC)OC. The van der Waals surface area contributed by atoms with Gasteiger partial charge in [0.05, 0.1) is 0 Å². The summed E-state index contributed by atoms with van der Waals surface area (Å²) in [5.74, 6) is 0. The van der Waals surface area contributed by atoms with Crippen LogP contribution in [0.25, 0.3) is 0 Å². The summed E-state index contributed by atoms with van der Waals surface area (Å²) in [7, 11) is 3.95. The molecule has 0 fully saturated rings. The van der Waals surface area contributed by atoms with Crippen LogP contribution in [0.5, 0.6) is 0 Å². The van der Waals surface area contributed by atoms with Crippen molar-refractivity contribution in [1.82, 2.24) is 0 Å². The second kappa shape index (κ2) is 8.35. The minimum atomic E-state index is -2.69. The van der Waals surface area contributed by atoms with Crippen LogP contribution in [0.1, 0.15) is 0 Å². The van der Waals surface area contributed by atoms with E-state index in [1.54, 1.807) is 42.7 Å². The highest BCUT2D eigenvalue weighted by Crippen LogP contribution is 2.21. The molecule has 0 aromatic heterocycles. The molecule has 9 heteroatoms. The van der Waals surface area contributed by atoms with Crippen molar-refractivity contribution in [2.45, 2.75) is 18.1 Å². The molecule has 0 aliphatic rings. The molecule has 0 bridgehead atoms. The first-order valence-corrected chi connectivity index (χ1v) is 9.39. The molecule has 18 heavy (non-hydrogen) atoms. The molecule has 7 nitrogen and oxygen atoms in total. The Labute approximate surface area is 111 Å². The second-order valence-electron chi connectivity index (χ2n) is 3.76. The van der Waals surface area contributed by atoms with Gasteiger partial charge in [-0.15, -0.1) is 0 Å². The summed E-state index contributed by atoms with van der Waals surface area (Å²) in [6.07, 6.45) is 0. The van der Waals surface area contributed by atoms with E-state index in [-0.39, 0.29) is 6.04 Å². The van der Waals surface area contributed by atoms with Gasteiger partial charge >= 0.3 is 17.6 Å². The van der Waals surface area contributed by atoms with Crippen LogP contribution in [0, 0.1) is 0 Å². The lowest BCUT2D eigenvalue weighted by Gasteiger charge is -2.30. The van der Waals surface area contributed by atoms with Crippen molar-refractivity contribution in [2.75, 3.05) is 42.7 Å². The average molecular weight is 299 g/mol. The summed E-state index contributed by atoms with van der Waals surface area (Å²) in [6, 6.07) is 0.700. The fourth-order valence-electron chi connectivity index (χ4n) is 1.71. The van der Waals surface area contributed by atoms with Crippen LogP contribution in [0.4, 0.5) is 0 Å². The summed E-state index contributed by atoms with van der Waals surface area (Å²) in [5.41, 5.74) is 6.09. The molecule has 0 radical (unpaired) electrons. The largest absolute Gasteiger partial charge is 0.501 e. The first kappa shape index (κ1) is 18.2. The van der Waals surface area contributed by atoms with Crippen molar-refractivity contribution in [2.24, 2.45) is 5.73 Å². The van der Waals surface area contributed by atoms with Gasteiger partial charge in [0.2, 0.25) is 0 Å². The lowest BCUT2D eigenvalue weighted by atomic mass is 10.4. The molecule has 0 aliphatic carbocycles. The summed E-state index contributed by atoms with van der Waals surface area (Å²) >= 11 is 0. The van der Waals surface area contributed by atoms with E-state index in [2.05, 4.69) is 0 Å². The Morgan fingerprint density at radius 2 is 0.889 bits per heavy atom. The van der Waals surface area contributed by atoms with E-state index in [0.29, 0.717) is 12.1 Å². The zero-order chi connectivity index (χ0) is 14.2. The molecule has 0 saturated carbocycles. The standard InChI is InChI=1S/C9H25NO6Si2/c1-11-17(12-2,13-3)7-9(10)8-18(14-4,15-5)16-6/h9H,7-8,10H2,1-6H3. The monoisotopic (exact) mass is 299 g/mol. The smallest absolute Gasteiger partial charge is 0.377 e. The van der Waals surface area contributed by atoms with E-state index >= 15 is 0 Å². The molecule has 0 aliphatic heterocycles. The summed E-state index contributed by atoms with van der Waals surface area (Å²) in [6.45, 7) is 0. The molecule has 0 amide bonds. The molecular formula is C9H25NO6Si2. The zero-order valence-electron chi connectivity index (χ0n) is 12.0. The number of rotatable bonds is 10. The Morgan fingerprint density at radius 3 is 1.06 bits per heavy atom. The van der Waals surface area contributed by atoms with Gasteiger partial charge in [0.1, 0.15) is 0 Å². The molecule has 0 atom stereocenters. The lowest BCUT2D eigenvalue weighted by Crippen LogP contribution is -2.52. The van der Waals surface area contributed by atoms with Crippen LogP contribution in [-0.4, -0.2) is 66.3 Å². The fourth-order valence-corrected chi connectivity index (χ4v) is 5.58. The van der Waals surface area contributed by atoms with Crippen molar-refractivity contribution < 1.29 is 26.6 Å². The zero-order valence-corrected chi connectivity index (χ0v) is 14.0. The first-order chi connectivity index (χ1) is 8.46. The predicted molar refractivity (Wildman–Crippen MR) is 71.2 cm³/mol. The molecule has 0 spiro atoms. The normalized spacial score (nSPS) is 13.3. The van der Waals surface area contributed by atoms with Gasteiger partial charge in [0.15, 0.2) is 0 Å². The summed E-state index contributed by atoms with van der Waals surface area (Å²) < 4.78 is 32.0. The Hall–Kier alpha value is 0.154. The topological polar surface area (TPSA) is 81.4 Å². The number of hydrogen-bond donors (Lipinski definition) is 1. The van der Waals surface area contributed by atoms with Crippen LogP contribution in [-0.2, 0) is 26.6 Å². The van der Waals surface area contributed by atoms with E-state index in [1.165, 1.54) is 0 Å². The minimum absolute atomic E-state index is 0.247. The molecule has 0 aromatic rings. The molecule has 0 unspecified atom stereocenters. The molecular weight excluding hydrogens is 274 g/mol. The maximum Gasteiger partial charge on any atom is 0.501 e. The Morgan fingerprint density at radius 1 is 0.667 bits per heavy atom. The maximum atomic E-state index is 6.09. The summed E-state index contributed by atoms with van der Waals surface area (Å²) in [5, 5.41) is 0. The molecule has 0 heterocycles. The number of nitrogens with two attached hydrogens (primary N) is 1. The van der Waals surface area contributed by atoms with E-state index in [0.717, 1.165) is 0 Å². The molecule has 0 saturated heterocycles. The van der Waals surface area contributed by atoms with Gasteiger partial charge in [-0.05, 0) is 0 Å². The van der Waals surface area contributed by atoms with Crippen LogP contribution in [0.3, 0.4) is 0 Å². The van der Waals surface area contributed by atoms with Gasteiger partial charge in [0.25, 0.3) is 0 Å². The van der Waals surface area contributed by atoms with Gasteiger partial charge in [-0.25, -0.2) is 0 Å². The highest BCUT2D eigenvalue weighted by Gasteiger charge is 2.45. The van der Waals surface area contributed by atoms with Gasteiger partial charge < -0.3 is 32.3 Å². The lowest BCUT2D eigenvalue weighted by molar-refractivity contribution is 0.113. The third-order valence-electron chi connectivity index (χ3n) is 2.89. The quantitative estimate of drug-likeness (QED) is 0.572. The fraction of sp³-hybridized carbons (Fsp3) is 1.00. The summed E-state index contributed by atoms with van der Waals surface area (Å²) in [4.78, 5) is 0. The van der Waals surface area contributed by atoms with E-state index in [4.69, 9.17) is 32.3 Å². The van der Waals surface area contributed by atoms with Gasteiger partial charge in [-0.3, -0.25) is 0 Å². The average Bonchev–Trinajstić information content (AvgIpc) is 2.42. The highest BCUT2D eigenvalue weighted by atomic mass is 28.4. The second-order valence-corrected chi connectivity index (χ2v) is 9.76. The molecule has 0 rings (SSSR count). The third-order valence-corrected chi connectivity index (χ3v) is 8.67. The molecule has 2 N–H and O–H groups in total. The molecule has 110 valence electrons. The minimum Gasteiger partial charge on any atom is -0.377 e. The first-order valence-electron chi connectivity index (χ1n) is 5.53. The van der Waals surface area contributed by atoms with Crippen LogP contribution < -0.4 is 5.73 Å². The van der Waals surface area contributed by atoms with Crippen molar-refractivity contribution in [3.05, 3.63) is 0 Å². The maximum absolute atomic E-state index is 6.09. The predicted octanol–water partition coefficient (Wildman–Crippen LogP) is 0.0699. The highest BCUT2D eigenvalue weighted by molar-refractivity contribution is 6.62. The van der Waals surface area contributed by atoms with Crippen LogP contribution in [0.2, 0.25) is 12.1 Å². The van der Waals surface area contributed by atoms with Gasteiger partial charge in [-0.2, -0.15) is 0 Å². The Bertz CT molecular complexity index is 187. The van der Waals surface area contributed by atoms with Gasteiger partial charge in [-0.1, -0.05) is 0 Å². The van der Waals surface area contributed by atoms with Crippen molar-refractivity contribution in [3.63, 3.8) is 0 Å². The van der Waals surface area contributed by atoms with Gasteiger partial charge in [0, 0.05) is 60.8 Å². The van der Waals surface area contributed by atoms with E-state index in [9.17, 15) is 0 Å². The van der Waals surface area contributed by atoms with E-state index < -0.39 is 17.6 Å². The Kier molecular flexibility index (Phi) is 8.42. The number of hydrogen-bond acceptors (Lipinski definition) is 7. The van der Waals surface area contributed by atoms with Crippen molar-refractivity contribution in [1.29, 1.82) is 0 Å².